The van der Waals surface area contributed by atoms with Crippen molar-refractivity contribution < 1.29 is 4.79 Å². The predicted molar refractivity (Wildman–Crippen MR) is 71.9 cm³/mol. The van der Waals surface area contributed by atoms with Crippen molar-refractivity contribution in [3.05, 3.63) is 53.3 Å². The molecule has 94 valence electrons. The minimum absolute atomic E-state index is 0.0605. The first-order chi connectivity index (χ1) is 8.58. The average Bonchev–Trinajstić information content (AvgIpc) is 2.74. The van der Waals surface area contributed by atoms with Gasteiger partial charge >= 0.3 is 0 Å². The molecule has 2 rings (SSSR count). The monoisotopic (exact) mass is 242 g/mol. The van der Waals surface area contributed by atoms with Gasteiger partial charge in [-0.05, 0) is 17.5 Å². The SMILES string of the molecule is CC(=O)c1cc(C(C)C)nn1Cc1ccccc1. The summed E-state index contributed by atoms with van der Waals surface area (Å²) in [5, 5.41) is 4.52. The molecule has 0 saturated carbocycles. The fourth-order valence-electron chi connectivity index (χ4n) is 1.88. The Labute approximate surface area is 107 Å². The highest BCUT2D eigenvalue weighted by molar-refractivity contribution is 5.92. The summed E-state index contributed by atoms with van der Waals surface area (Å²) in [6.45, 7) is 6.39. The van der Waals surface area contributed by atoms with Gasteiger partial charge in [-0.1, -0.05) is 44.2 Å². The smallest absolute Gasteiger partial charge is 0.177 e. The third-order valence-corrected chi connectivity index (χ3v) is 2.93. The van der Waals surface area contributed by atoms with Crippen molar-refractivity contribution in [3.63, 3.8) is 0 Å². The van der Waals surface area contributed by atoms with Crippen LogP contribution < -0.4 is 0 Å². The van der Waals surface area contributed by atoms with E-state index < -0.39 is 0 Å². The molecule has 0 amide bonds. The molecule has 2 aromatic rings. The zero-order valence-electron chi connectivity index (χ0n) is 11.1. The molecular weight excluding hydrogens is 224 g/mol. The Morgan fingerprint density at radius 3 is 2.50 bits per heavy atom. The number of nitrogens with zero attached hydrogens (tertiary/aromatic N) is 2. The van der Waals surface area contributed by atoms with Crippen molar-refractivity contribution in [2.75, 3.05) is 0 Å². The molecule has 0 bridgehead atoms. The number of carbonyl (C=O) groups excluding carboxylic acids is 1. The highest BCUT2D eigenvalue weighted by Crippen LogP contribution is 2.16. The Balaban J connectivity index is 2.34. The van der Waals surface area contributed by atoms with Crippen molar-refractivity contribution >= 4 is 5.78 Å². The first kappa shape index (κ1) is 12.6. The predicted octanol–water partition coefficient (Wildman–Crippen LogP) is 3.26. The summed E-state index contributed by atoms with van der Waals surface area (Å²) in [6.07, 6.45) is 0. The second-order valence-electron chi connectivity index (χ2n) is 4.81. The summed E-state index contributed by atoms with van der Waals surface area (Å²) in [5.74, 6) is 0.394. The molecule has 1 heterocycles. The summed E-state index contributed by atoms with van der Waals surface area (Å²) in [5.41, 5.74) is 2.80. The zero-order chi connectivity index (χ0) is 13.1. The van der Waals surface area contributed by atoms with Crippen LogP contribution in [0.15, 0.2) is 36.4 Å². The van der Waals surface area contributed by atoms with Gasteiger partial charge < -0.3 is 0 Å². The summed E-state index contributed by atoms with van der Waals surface area (Å²) >= 11 is 0. The van der Waals surface area contributed by atoms with E-state index in [4.69, 9.17) is 0 Å². The van der Waals surface area contributed by atoms with E-state index in [1.54, 1.807) is 11.6 Å². The highest BCUT2D eigenvalue weighted by atomic mass is 16.1. The molecule has 0 aliphatic rings. The number of rotatable bonds is 4. The number of benzene rings is 1. The lowest BCUT2D eigenvalue weighted by Crippen LogP contribution is -2.09. The Morgan fingerprint density at radius 1 is 1.28 bits per heavy atom. The molecule has 0 aliphatic heterocycles. The van der Waals surface area contributed by atoms with Crippen LogP contribution in [0.3, 0.4) is 0 Å². The van der Waals surface area contributed by atoms with Gasteiger partial charge in [0, 0.05) is 6.92 Å². The zero-order valence-corrected chi connectivity index (χ0v) is 11.1. The maximum Gasteiger partial charge on any atom is 0.177 e. The number of hydrogen-bond donors (Lipinski definition) is 0. The number of carbonyl (C=O) groups is 1. The number of aromatic nitrogens is 2. The normalized spacial score (nSPS) is 10.9. The van der Waals surface area contributed by atoms with Crippen LogP contribution in [0.5, 0.6) is 0 Å². The van der Waals surface area contributed by atoms with E-state index in [9.17, 15) is 4.79 Å². The van der Waals surface area contributed by atoms with E-state index in [0.29, 0.717) is 18.2 Å². The van der Waals surface area contributed by atoms with Crippen molar-refractivity contribution in [2.24, 2.45) is 0 Å². The van der Waals surface area contributed by atoms with Crippen molar-refractivity contribution in [3.8, 4) is 0 Å². The molecule has 0 saturated heterocycles. The summed E-state index contributed by atoms with van der Waals surface area (Å²) in [4.78, 5) is 11.6. The van der Waals surface area contributed by atoms with Gasteiger partial charge in [-0.15, -0.1) is 0 Å². The first-order valence-electron chi connectivity index (χ1n) is 6.20. The minimum Gasteiger partial charge on any atom is -0.293 e. The van der Waals surface area contributed by atoms with Gasteiger partial charge in [0.15, 0.2) is 5.78 Å². The van der Waals surface area contributed by atoms with E-state index in [1.807, 2.05) is 36.4 Å². The molecule has 18 heavy (non-hydrogen) atoms. The van der Waals surface area contributed by atoms with Gasteiger partial charge in [-0.25, -0.2) is 0 Å². The number of ketones is 1. The van der Waals surface area contributed by atoms with Crippen LogP contribution in [0.1, 0.15) is 48.4 Å². The first-order valence-corrected chi connectivity index (χ1v) is 6.20. The van der Waals surface area contributed by atoms with Gasteiger partial charge in [0.2, 0.25) is 0 Å². The number of Topliss-reactive ketones (excluding diaryl/α,β-unsaturated/α-hetero) is 1. The lowest BCUT2D eigenvalue weighted by Gasteiger charge is -2.05. The fourth-order valence-corrected chi connectivity index (χ4v) is 1.88. The van der Waals surface area contributed by atoms with Crippen LogP contribution in [0.2, 0.25) is 0 Å². The van der Waals surface area contributed by atoms with Gasteiger partial charge in [-0.3, -0.25) is 9.48 Å². The second kappa shape index (κ2) is 5.17. The fraction of sp³-hybridized carbons (Fsp3) is 0.333. The lowest BCUT2D eigenvalue weighted by atomic mass is 10.1. The molecule has 3 nitrogen and oxygen atoms in total. The second-order valence-corrected chi connectivity index (χ2v) is 4.81. The van der Waals surface area contributed by atoms with Crippen LogP contribution in [0.4, 0.5) is 0 Å². The van der Waals surface area contributed by atoms with E-state index in [0.717, 1.165) is 11.3 Å². The van der Waals surface area contributed by atoms with Crippen LogP contribution in [0, 0.1) is 0 Å². The van der Waals surface area contributed by atoms with Gasteiger partial charge in [-0.2, -0.15) is 5.10 Å². The van der Waals surface area contributed by atoms with E-state index in [2.05, 4.69) is 18.9 Å². The minimum atomic E-state index is 0.0605. The summed E-state index contributed by atoms with van der Waals surface area (Å²) in [7, 11) is 0. The van der Waals surface area contributed by atoms with Gasteiger partial charge in [0.1, 0.15) is 5.69 Å². The summed E-state index contributed by atoms with van der Waals surface area (Å²) in [6, 6.07) is 12.0. The quantitative estimate of drug-likeness (QED) is 0.771. The highest BCUT2D eigenvalue weighted by Gasteiger charge is 2.13. The molecule has 0 aliphatic carbocycles. The molecule has 0 radical (unpaired) electrons. The molecular formula is C15H18N2O. The van der Waals surface area contributed by atoms with Crippen molar-refractivity contribution in [1.29, 1.82) is 0 Å². The third-order valence-electron chi connectivity index (χ3n) is 2.93. The van der Waals surface area contributed by atoms with E-state index in [1.165, 1.54) is 0 Å². The molecule has 0 fully saturated rings. The molecule has 0 unspecified atom stereocenters. The van der Waals surface area contributed by atoms with E-state index in [-0.39, 0.29) is 5.78 Å². The molecule has 0 spiro atoms. The maximum absolute atomic E-state index is 11.6. The van der Waals surface area contributed by atoms with Crippen LogP contribution in [0.25, 0.3) is 0 Å². The topological polar surface area (TPSA) is 34.9 Å². The largest absolute Gasteiger partial charge is 0.293 e. The standard InChI is InChI=1S/C15H18N2O/c1-11(2)14-9-15(12(3)18)17(16-14)10-13-7-5-4-6-8-13/h4-9,11H,10H2,1-3H3. The Kier molecular flexibility index (Phi) is 3.60. The molecule has 0 atom stereocenters. The van der Waals surface area contributed by atoms with Crippen LogP contribution in [-0.4, -0.2) is 15.6 Å². The van der Waals surface area contributed by atoms with Crippen molar-refractivity contribution in [1.82, 2.24) is 9.78 Å². The lowest BCUT2D eigenvalue weighted by molar-refractivity contribution is 0.100. The van der Waals surface area contributed by atoms with Crippen LogP contribution in [-0.2, 0) is 6.54 Å². The Morgan fingerprint density at radius 2 is 1.94 bits per heavy atom. The van der Waals surface area contributed by atoms with E-state index >= 15 is 0 Å². The average molecular weight is 242 g/mol. The van der Waals surface area contributed by atoms with Crippen LogP contribution >= 0.6 is 0 Å². The maximum atomic E-state index is 11.6. The Hall–Kier alpha value is -1.90. The summed E-state index contributed by atoms with van der Waals surface area (Å²) < 4.78 is 1.80. The van der Waals surface area contributed by atoms with Crippen molar-refractivity contribution in [2.45, 2.75) is 33.2 Å². The molecule has 3 heteroatoms. The molecule has 1 aromatic heterocycles. The number of hydrogen-bond acceptors (Lipinski definition) is 2. The Bertz CT molecular complexity index is 541. The molecule has 1 aromatic carbocycles. The van der Waals surface area contributed by atoms with Gasteiger partial charge in [0.25, 0.3) is 0 Å². The van der Waals surface area contributed by atoms with Gasteiger partial charge in [0.05, 0.1) is 12.2 Å². The molecule has 0 N–H and O–H groups in total. The third kappa shape index (κ3) is 2.67.